The van der Waals surface area contributed by atoms with Gasteiger partial charge in [0.05, 0.1) is 14.2 Å². The molecule has 0 radical (unpaired) electrons. The van der Waals surface area contributed by atoms with Crippen molar-refractivity contribution in [1.82, 2.24) is 0 Å². The molecule has 0 aromatic carbocycles. The van der Waals surface area contributed by atoms with E-state index >= 15 is 0 Å². The van der Waals surface area contributed by atoms with Gasteiger partial charge in [-0.2, -0.15) is 0 Å². The molecule has 6 heteroatoms. The molecule has 6 nitrogen and oxygen atoms in total. The molecule has 1 aliphatic heterocycles. The Balaban J connectivity index is 3.34. The third-order valence-corrected chi connectivity index (χ3v) is 4.15. The van der Waals surface area contributed by atoms with E-state index in [1.807, 2.05) is 6.08 Å². The van der Waals surface area contributed by atoms with E-state index in [1.54, 1.807) is 20.3 Å². The molecule has 1 rings (SSSR count). The number of hydrogen-bond acceptors (Lipinski definition) is 6. The van der Waals surface area contributed by atoms with E-state index < -0.39 is 11.6 Å². The Morgan fingerprint density at radius 3 is 2.44 bits per heavy atom. The smallest absolute Gasteiger partial charge is 0.303 e. The molecule has 0 fully saturated rings. The summed E-state index contributed by atoms with van der Waals surface area (Å²) in [5.41, 5.74) is -0.784. The van der Waals surface area contributed by atoms with Crippen molar-refractivity contribution in [3.05, 3.63) is 25.3 Å². The molecule has 0 bridgehead atoms. The van der Waals surface area contributed by atoms with E-state index in [9.17, 15) is 4.79 Å². The molecule has 0 N–H and O–H groups in total. The molecule has 0 aromatic rings. The molecule has 0 saturated carbocycles. The minimum atomic E-state index is -0.784. The molecule has 0 amide bonds. The predicted molar refractivity (Wildman–Crippen MR) is 100 cm³/mol. The van der Waals surface area contributed by atoms with Crippen LogP contribution in [0.4, 0.5) is 0 Å². The first-order valence-corrected chi connectivity index (χ1v) is 8.50. The van der Waals surface area contributed by atoms with Gasteiger partial charge in [-0.05, 0) is 18.8 Å². The monoisotopic (exact) mass is 350 g/mol. The van der Waals surface area contributed by atoms with Crippen LogP contribution in [0, 0.1) is 5.92 Å². The number of ether oxygens (including phenoxy) is 3. The van der Waals surface area contributed by atoms with Crippen molar-refractivity contribution in [3.63, 3.8) is 0 Å². The second kappa shape index (κ2) is 9.39. The van der Waals surface area contributed by atoms with Gasteiger partial charge in [-0.25, -0.2) is 9.98 Å². The maximum Gasteiger partial charge on any atom is 0.303 e. The van der Waals surface area contributed by atoms with Crippen LogP contribution in [0.5, 0.6) is 0 Å². The number of aliphatic imine (C=N–C) groups is 2. The number of esters is 1. The molecule has 0 aliphatic carbocycles. The van der Waals surface area contributed by atoms with Gasteiger partial charge in [0.25, 0.3) is 0 Å². The molecule has 140 valence electrons. The average Bonchev–Trinajstić information content (AvgIpc) is 2.58. The van der Waals surface area contributed by atoms with E-state index in [4.69, 9.17) is 24.2 Å². The zero-order chi connectivity index (χ0) is 19.0. The second-order valence-corrected chi connectivity index (χ2v) is 6.43. The van der Waals surface area contributed by atoms with Crippen LogP contribution in [0.25, 0.3) is 0 Å². The molecule has 0 aromatic heterocycles. The van der Waals surface area contributed by atoms with Crippen LogP contribution >= 0.6 is 0 Å². The third-order valence-electron chi connectivity index (χ3n) is 4.15. The Morgan fingerprint density at radius 2 is 2.00 bits per heavy atom. The number of methoxy groups -OCH3 is 2. The number of carbonyl (C=O) groups excluding carboxylic acids is 1. The van der Waals surface area contributed by atoms with Crippen molar-refractivity contribution < 1.29 is 19.0 Å². The fourth-order valence-electron chi connectivity index (χ4n) is 2.93. The highest BCUT2D eigenvalue weighted by atomic mass is 16.5. The first-order valence-electron chi connectivity index (χ1n) is 8.50. The van der Waals surface area contributed by atoms with Gasteiger partial charge in [0.15, 0.2) is 0 Å². The lowest BCUT2D eigenvalue weighted by Crippen LogP contribution is -2.48. The zero-order valence-electron chi connectivity index (χ0n) is 15.9. The van der Waals surface area contributed by atoms with Crippen LogP contribution in [0.15, 0.2) is 35.3 Å². The van der Waals surface area contributed by atoms with Crippen molar-refractivity contribution in [2.45, 2.75) is 57.7 Å². The van der Waals surface area contributed by atoms with Crippen LogP contribution < -0.4 is 0 Å². The first-order chi connectivity index (χ1) is 11.8. The molecular weight excluding hydrogens is 320 g/mol. The highest BCUT2D eigenvalue weighted by Crippen LogP contribution is 2.34. The fourth-order valence-corrected chi connectivity index (χ4v) is 2.93. The summed E-state index contributed by atoms with van der Waals surface area (Å²) in [4.78, 5) is 21.0. The summed E-state index contributed by atoms with van der Waals surface area (Å²) in [5, 5.41) is 0. The van der Waals surface area contributed by atoms with Gasteiger partial charge in [-0.1, -0.05) is 32.6 Å². The predicted octanol–water partition coefficient (Wildman–Crippen LogP) is 3.33. The maximum atomic E-state index is 11.4. The molecular formula is C19H30N2O4. The number of carbonyl (C=O) groups is 1. The van der Waals surface area contributed by atoms with Gasteiger partial charge in [-0.15, -0.1) is 6.58 Å². The van der Waals surface area contributed by atoms with Gasteiger partial charge in [0, 0.05) is 13.3 Å². The number of hydrogen-bond donors (Lipinski definition) is 0. The van der Waals surface area contributed by atoms with Gasteiger partial charge in [-0.3, -0.25) is 4.79 Å². The lowest BCUT2D eigenvalue weighted by molar-refractivity contribution is -0.144. The van der Waals surface area contributed by atoms with Crippen LogP contribution in [-0.4, -0.2) is 49.7 Å². The van der Waals surface area contributed by atoms with Crippen LogP contribution in [0.2, 0.25) is 0 Å². The lowest BCUT2D eigenvalue weighted by Gasteiger charge is -2.37. The molecule has 25 heavy (non-hydrogen) atoms. The fraction of sp³-hybridized carbons (Fsp3) is 0.632. The Labute approximate surface area is 150 Å². The average molecular weight is 350 g/mol. The van der Waals surface area contributed by atoms with E-state index in [-0.39, 0.29) is 17.9 Å². The number of nitrogens with zero attached hydrogens (tertiary/aromatic N) is 2. The van der Waals surface area contributed by atoms with Crippen LogP contribution in [-0.2, 0) is 19.0 Å². The third kappa shape index (κ3) is 5.18. The van der Waals surface area contributed by atoms with Crippen LogP contribution in [0.3, 0.4) is 0 Å². The Bertz CT molecular complexity index is 554. The normalized spacial score (nSPS) is 24.0. The minimum absolute atomic E-state index is 0.201. The van der Waals surface area contributed by atoms with Crippen molar-refractivity contribution in [2.24, 2.45) is 15.9 Å². The van der Waals surface area contributed by atoms with Crippen molar-refractivity contribution in [2.75, 3.05) is 14.2 Å². The van der Waals surface area contributed by atoms with E-state index in [0.717, 1.165) is 0 Å². The van der Waals surface area contributed by atoms with Gasteiger partial charge in [0.1, 0.15) is 17.7 Å². The highest BCUT2D eigenvalue weighted by molar-refractivity contribution is 5.97. The summed E-state index contributed by atoms with van der Waals surface area (Å²) in [6, 6.07) is -0.201. The summed E-state index contributed by atoms with van der Waals surface area (Å²) in [6.07, 6.45) is 4.63. The lowest BCUT2D eigenvalue weighted by atomic mass is 9.85. The van der Waals surface area contributed by atoms with E-state index in [1.165, 1.54) is 6.92 Å². The first kappa shape index (κ1) is 20.9. The molecule has 1 aliphatic rings. The Morgan fingerprint density at radius 1 is 1.32 bits per heavy atom. The summed E-state index contributed by atoms with van der Waals surface area (Å²) >= 11 is 0. The second-order valence-electron chi connectivity index (χ2n) is 6.43. The molecule has 0 saturated heterocycles. The van der Waals surface area contributed by atoms with Gasteiger partial charge >= 0.3 is 5.97 Å². The van der Waals surface area contributed by atoms with Crippen molar-refractivity contribution in [3.8, 4) is 0 Å². The standard InChI is InChI=1S/C19H30N2O4/c1-8-10-11-19(12-15(9-2)25-14(5)22)18(24-7)20-16(13(3)4)17(21-19)23-6/h8-9,13,15-16H,1-2,10-12H2,3-7H3/t15-,16+,19-/m0/s1. The van der Waals surface area contributed by atoms with Crippen molar-refractivity contribution in [1.29, 1.82) is 0 Å². The molecule has 0 spiro atoms. The number of rotatable bonds is 8. The van der Waals surface area contributed by atoms with Crippen LogP contribution in [0.1, 0.15) is 40.0 Å². The number of allylic oxidation sites excluding steroid dienone is 1. The molecule has 0 unspecified atom stereocenters. The van der Waals surface area contributed by atoms with E-state index in [2.05, 4.69) is 27.0 Å². The quantitative estimate of drug-likeness (QED) is 0.497. The summed E-state index contributed by atoms with van der Waals surface area (Å²) in [7, 11) is 3.18. The van der Waals surface area contributed by atoms with Gasteiger partial charge < -0.3 is 14.2 Å². The van der Waals surface area contributed by atoms with Crippen molar-refractivity contribution >= 4 is 17.8 Å². The maximum absolute atomic E-state index is 11.4. The van der Waals surface area contributed by atoms with E-state index in [0.29, 0.717) is 31.1 Å². The highest BCUT2D eigenvalue weighted by Gasteiger charge is 2.44. The summed E-state index contributed by atoms with van der Waals surface area (Å²) < 4.78 is 16.5. The zero-order valence-corrected chi connectivity index (χ0v) is 15.9. The minimum Gasteiger partial charge on any atom is -0.483 e. The van der Waals surface area contributed by atoms with Gasteiger partial charge in [0.2, 0.25) is 11.8 Å². The molecule has 1 heterocycles. The summed E-state index contributed by atoms with van der Waals surface area (Å²) in [5.74, 6) is 0.926. The summed E-state index contributed by atoms with van der Waals surface area (Å²) in [6.45, 7) is 13.0. The largest absolute Gasteiger partial charge is 0.483 e. The Kier molecular flexibility index (Phi) is 7.87. The SMILES string of the molecule is C=CCC[C@@]1(C[C@H](C=C)OC(C)=O)N=C(OC)[C@@H](C(C)C)N=C1OC. The topological polar surface area (TPSA) is 69.5 Å². The Hall–Kier alpha value is -2.11. The molecule has 3 atom stereocenters.